The highest BCUT2D eigenvalue weighted by Gasteiger charge is 2.32. The summed E-state index contributed by atoms with van der Waals surface area (Å²) in [6.45, 7) is -0.187. The summed E-state index contributed by atoms with van der Waals surface area (Å²) in [5.41, 5.74) is 6.08. The van der Waals surface area contributed by atoms with Crippen LogP contribution in [0.2, 0.25) is 5.02 Å². The summed E-state index contributed by atoms with van der Waals surface area (Å²) in [4.78, 5) is 14.0. The summed E-state index contributed by atoms with van der Waals surface area (Å²) in [5.74, 6) is 0.662. The molecule has 0 aliphatic rings. The van der Waals surface area contributed by atoms with E-state index in [9.17, 15) is 10.2 Å². The summed E-state index contributed by atoms with van der Waals surface area (Å²) in [5, 5.41) is 14.2. The van der Waals surface area contributed by atoms with Crippen molar-refractivity contribution in [2.45, 2.75) is 18.4 Å². The molecule has 0 fully saturated rings. The maximum atomic E-state index is 10.1. The van der Waals surface area contributed by atoms with Crippen LogP contribution in [0.1, 0.15) is 12.1 Å². The van der Waals surface area contributed by atoms with Crippen molar-refractivity contribution < 1.29 is 18.7 Å². The summed E-state index contributed by atoms with van der Waals surface area (Å²) in [6, 6.07) is 12.5. The molecule has 0 radical (unpaired) electrons. The largest absolute Gasteiger partial charge is 0.425 e. The quantitative estimate of drug-likeness (QED) is 0.490. The molecular weight excluding hydrogens is 417 g/mol. The molecular formula is C18H19ClN5O4P. The second kappa shape index (κ2) is 9.35. The summed E-state index contributed by atoms with van der Waals surface area (Å²) < 4.78 is 17.8. The number of aromatic nitrogens is 3. The number of fused-ring (bicyclic) bond motifs is 1. The number of methoxy groups -OCH3 is 1. The Labute approximate surface area is 173 Å². The molecule has 152 valence electrons. The van der Waals surface area contributed by atoms with E-state index >= 15 is 0 Å². The highest BCUT2D eigenvalue weighted by Crippen LogP contribution is 2.39. The van der Waals surface area contributed by atoms with Crippen LogP contribution in [0.4, 0.5) is 5.82 Å². The molecule has 2 unspecified atom stereocenters. The van der Waals surface area contributed by atoms with Gasteiger partial charge in [-0.1, -0.05) is 23.7 Å². The number of nitrogen functional groups attached to an aromatic ring is 1. The zero-order chi connectivity index (χ0) is 20.9. The van der Waals surface area contributed by atoms with Gasteiger partial charge in [0.25, 0.3) is 0 Å². The van der Waals surface area contributed by atoms with E-state index in [4.69, 9.17) is 31.1 Å². The van der Waals surface area contributed by atoms with E-state index in [2.05, 4.69) is 16.2 Å². The molecule has 9 nitrogen and oxygen atoms in total. The zero-order valence-electron chi connectivity index (χ0n) is 15.5. The van der Waals surface area contributed by atoms with Crippen LogP contribution in [-0.4, -0.2) is 38.8 Å². The van der Waals surface area contributed by atoms with E-state index < -0.39 is 14.2 Å². The third kappa shape index (κ3) is 4.93. The van der Waals surface area contributed by atoms with Crippen molar-refractivity contribution in [3.63, 3.8) is 0 Å². The van der Waals surface area contributed by atoms with Gasteiger partial charge in [-0.15, -0.1) is 0 Å². The number of rotatable bonds is 9. The summed E-state index contributed by atoms with van der Waals surface area (Å²) >= 11 is 6.00. The SMILES string of the molecule is COC(C#N)(CCc1ccc2c(N)ncnn12)COP(O)Oc1ccccc1Cl. The van der Waals surface area contributed by atoms with E-state index in [1.807, 2.05) is 12.1 Å². The van der Waals surface area contributed by atoms with Gasteiger partial charge >= 0.3 is 8.60 Å². The Morgan fingerprint density at radius 1 is 1.34 bits per heavy atom. The Morgan fingerprint density at radius 2 is 2.14 bits per heavy atom. The minimum atomic E-state index is -2.30. The van der Waals surface area contributed by atoms with E-state index in [1.165, 1.54) is 13.4 Å². The third-order valence-corrected chi connectivity index (χ3v) is 5.38. The highest BCUT2D eigenvalue weighted by molar-refractivity contribution is 7.41. The van der Waals surface area contributed by atoms with E-state index in [1.54, 1.807) is 28.8 Å². The normalized spacial score (nSPS) is 14.3. The molecule has 0 saturated heterocycles. The van der Waals surface area contributed by atoms with Gasteiger partial charge in [-0.05, 0) is 37.1 Å². The van der Waals surface area contributed by atoms with Gasteiger partial charge in [-0.25, -0.2) is 9.50 Å². The van der Waals surface area contributed by atoms with Gasteiger partial charge in [-0.2, -0.15) is 10.4 Å². The van der Waals surface area contributed by atoms with Gasteiger partial charge in [0.15, 0.2) is 11.4 Å². The molecule has 11 heteroatoms. The summed E-state index contributed by atoms with van der Waals surface area (Å²) in [7, 11) is -0.881. The Balaban J connectivity index is 1.64. The van der Waals surface area contributed by atoms with E-state index in [0.29, 0.717) is 34.9 Å². The average Bonchev–Trinajstić information content (AvgIpc) is 3.15. The third-order valence-electron chi connectivity index (χ3n) is 4.36. The molecule has 3 N–H and O–H groups in total. The standard InChI is InChI=1S/C18H19ClN5O4P/c1-26-18(10-20,11-27-29(25)28-16-5-3-2-4-14(16)19)9-8-13-6-7-15-17(21)22-12-23-24(13)15/h2-7,12,25H,8-9,11H2,1H3,(H2,21,22,23). The Kier molecular flexibility index (Phi) is 6.85. The number of benzene rings is 1. The number of nitrogens with two attached hydrogens (primary N) is 1. The molecule has 1 aromatic carbocycles. The molecule has 3 aromatic rings. The molecule has 29 heavy (non-hydrogen) atoms. The number of nitriles is 1. The highest BCUT2D eigenvalue weighted by atomic mass is 35.5. The summed E-state index contributed by atoms with van der Waals surface area (Å²) in [6.07, 6.45) is 2.13. The van der Waals surface area contributed by atoms with E-state index in [0.717, 1.165) is 5.69 Å². The lowest BCUT2D eigenvalue weighted by molar-refractivity contribution is -0.00831. The van der Waals surface area contributed by atoms with Gasteiger partial charge in [0.1, 0.15) is 23.7 Å². The molecule has 2 atom stereocenters. The first-order valence-electron chi connectivity index (χ1n) is 8.56. The Morgan fingerprint density at radius 3 is 2.86 bits per heavy atom. The van der Waals surface area contributed by atoms with Crippen molar-refractivity contribution in [2.24, 2.45) is 0 Å². The van der Waals surface area contributed by atoms with Crippen molar-refractivity contribution in [2.75, 3.05) is 19.5 Å². The Bertz CT molecular complexity index is 1030. The predicted octanol–water partition coefficient (Wildman–Crippen LogP) is 3.12. The van der Waals surface area contributed by atoms with Crippen molar-refractivity contribution in [1.29, 1.82) is 5.26 Å². The first-order valence-corrected chi connectivity index (χ1v) is 10.1. The van der Waals surface area contributed by atoms with Crippen LogP contribution < -0.4 is 10.3 Å². The first kappa shape index (κ1) is 21.2. The molecule has 2 aromatic heterocycles. The molecule has 0 spiro atoms. The van der Waals surface area contributed by atoms with E-state index in [-0.39, 0.29) is 6.61 Å². The topological polar surface area (TPSA) is 128 Å². The van der Waals surface area contributed by atoms with Gasteiger partial charge in [0.2, 0.25) is 0 Å². The first-order chi connectivity index (χ1) is 14.0. The van der Waals surface area contributed by atoms with Gasteiger partial charge in [-0.3, -0.25) is 4.52 Å². The number of anilines is 1. The van der Waals surface area contributed by atoms with Crippen molar-refractivity contribution >= 4 is 31.5 Å². The fraction of sp³-hybridized carbons (Fsp3) is 0.278. The maximum Gasteiger partial charge on any atom is 0.394 e. The van der Waals surface area contributed by atoms with Crippen molar-refractivity contribution in [1.82, 2.24) is 14.6 Å². The van der Waals surface area contributed by atoms with Crippen molar-refractivity contribution in [3.8, 4) is 11.8 Å². The molecule has 3 rings (SSSR count). The molecule has 0 aliphatic heterocycles. The lowest BCUT2D eigenvalue weighted by Crippen LogP contribution is -2.35. The lowest BCUT2D eigenvalue weighted by Gasteiger charge is -2.25. The average molecular weight is 436 g/mol. The molecule has 0 bridgehead atoms. The van der Waals surface area contributed by atoms with Gasteiger partial charge < -0.3 is 19.9 Å². The van der Waals surface area contributed by atoms with Crippen LogP contribution >= 0.6 is 20.2 Å². The lowest BCUT2D eigenvalue weighted by atomic mass is 9.99. The number of ether oxygens (including phenoxy) is 1. The minimum absolute atomic E-state index is 0.187. The smallest absolute Gasteiger partial charge is 0.394 e. The van der Waals surface area contributed by atoms with Crippen LogP contribution in [0.25, 0.3) is 5.52 Å². The molecule has 0 saturated carbocycles. The number of nitrogens with zero attached hydrogens (tertiary/aromatic N) is 4. The van der Waals surface area contributed by atoms with Gasteiger partial charge in [0.05, 0.1) is 11.6 Å². The number of para-hydroxylation sites is 1. The van der Waals surface area contributed by atoms with Crippen LogP contribution in [0.5, 0.6) is 5.75 Å². The molecule has 0 amide bonds. The number of aryl methyl sites for hydroxylation is 1. The molecule has 2 heterocycles. The fourth-order valence-electron chi connectivity index (χ4n) is 2.68. The zero-order valence-corrected chi connectivity index (χ0v) is 17.2. The van der Waals surface area contributed by atoms with Crippen LogP contribution in [-0.2, 0) is 15.7 Å². The van der Waals surface area contributed by atoms with Crippen LogP contribution in [0, 0.1) is 11.3 Å². The monoisotopic (exact) mass is 435 g/mol. The number of hydrogen-bond donors (Lipinski definition) is 2. The van der Waals surface area contributed by atoms with Crippen LogP contribution in [0.3, 0.4) is 0 Å². The van der Waals surface area contributed by atoms with Crippen molar-refractivity contribution in [3.05, 3.63) is 53.4 Å². The van der Waals surface area contributed by atoms with Crippen LogP contribution in [0.15, 0.2) is 42.7 Å². The number of halogens is 1. The minimum Gasteiger partial charge on any atom is -0.425 e. The Hall–Kier alpha value is -2.47. The van der Waals surface area contributed by atoms with Gasteiger partial charge in [0, 0.05) is 12.8 Å². The second-order valence-corrected chi connectivity index (χ2v) is 7.43. The number of hydrogen-bond acceptors (Lipinski definition) is 8. The second-order valence-electron chi connectivity index (χ2n) is 6.11. The fourth-order valence-corrected chi connectivity index (χ4v) is 3.61. The molecule has 0 aliphatic carbocycles. The maximum absolute atomic E-state index is 10.1. The predicted molar refractivity (Wildman–Crippen MR) is 108 cm³/mol.